The number of likely N-dealkylation sites (tertiary alicyclic amines) is 1. The van der Waals surface area contributed by atoms with Gasteiger partial charge in [-0.25, -0.2) is 9.07 Å². The Labute approximate surface area is 199 Å². The highest BCUT2D eigenvalue weighted by atomic mass is 35.5. The van der Waals surface area contributed by atoms with Crippen LogP contribution >= 0.6 is 11.6 Å². The molecule has 2 heterocycles. The number of rotatable bonds is 6. The molecule has 0 radical (unpaired) electrons. The van der Waals surface area contributed by atoms with Gasteiger partial charge in [-0.2, -0.15) is 5.10 Å². The molecule has 1 saturated heterocycles. The zero-order chi connectivity index (χ0) is 22.6. The maximum atomic E-state index is 13.1. The number of hydrogen-bond donors (Lipinski definition) is 0. The third kappa shape index (κ3) is 5.18. The normalized spacial score (nSPS) is 15.1. The second-order valence-corrected chi connectivity index (χ2v) is 9.14. The largest absolute Gasteiger partial charge is 0.303 e. The zero-order valence-corrected chi connectivity index (χ0v) is 19.3. The van der Waals surface area contributed by atoms with Gasteiger partial charge in [0.2, 0.25) is 0 Å². The Morgan fingerprint density at radius 3 is 2.27 bits per heavy atom. The highest BCUT2D eigenvalue weighted by Gasteiger charge is 2.25. The summed E-state index contributed by atoms with van der Waals surface area (Å²) >= 11 is 6.09. The summed E-state index contributed by atoms with van der Waals surface area (Å²) in [5.41, 5.74) is 5.60. The number of nitrogens with zero attached hydrogens (tertiary/aromatic N) is 3. The number of para-hydroxylation sites is 1. The van der Waals surface area contributed by atoms with E-state index in [0.29, 0.717) is 5.92 Å². The average molecular weight is 460 g/mol. The van der Waals surface area contributed by atoms with Crippen molar-refractivity contribution in [1.29, 1.82) is 0 Å². The molecule has 168 valence electrons. The second kappa shape index (κ2) is 9.90. The number of benzene rings is 3. The molecule has 3 nitrogen and oxygen atoms in total. The van der Waals surface area contributed by atoms with Crippen LogP contribution in [-0.2, 0) is 6.42 Å². The molecule has 0 saturated carbocycles. The van der Waals surface area contributed by atoms with Crippen LogP contribution in [0.4, 0.5) is 4.39 Å². The van der Waals surface area contributed by atoms with Gasteiger partial charge in [0.15, 0.2) is 0 Å². The summed E-state index contributed by atoms with van der Waals surface area (Å²) < 4.78 is 15.3. The monoisotopic (exact) mass is 459 g/mol. The lowest BCUT2D eigenvalue weighted by Gasteiger charge is -2.32. The summed E-state index contributed by atoms with van der Waals surface area (Å²) in [6, 6.07) is 27.4. The summed E-state index contributed by atoms with van der Waals surface area (Å²) in [6.07, 6.45) is 3.15. The molecule has 0 atom stereocenters. The number of piperidine rings is 1. The first-order chi connectivity index (χ1) is 16.2. The van der Waals surface area contributed by atoms with Crippen molar-refractivity contribution >= 4 is 11.6 Å². The van der Waals surface area contributed by atoms with Crippen molar-refractivity contribution in [2.24, 2.45) is 0 Å². The van der Waals surface area contributed by atoms with Gasteiger partial charge in [-0.05, 0) is 80.4 Å². The number of hydrogen-bond acceptors (Lipinski definition) is 2. The Bertz CT molecular complexity index is 1180. The van der Waals surface area contributed by atoms with Crippen LogP contribution in [0.3, 0.4) is 0 Å². The van der Waals surface area contributed by atoms with Crippen molar-refractivity contribution < 1.29 is 4.39 Å². The first-order valence-corrected chi connectivity index (χ1v) is 11.9. The summed E-state index contributed by atoms with van der Waals surface area (Å²) in [5, 5.41) is 5.72. The Morgan fingerprint density at radius 2 is 1.58 bits per heavy atom. The SMILES string of the molecule is Fc1ccc(CCN2CCC(c3cc(-c4ccc(Cl)cc4)nn3-c3ccccc3)CC2)cc1. The molecule has 0 spiro atoms. The minimum absolute atomic E-state index is 0.174. The van der Waals surface area contributed by atoms with E-state index in [-0.39, 0.29) is 5.82 Å². The van der Waals surface area contributed by atoms with E-state index in [1.165, 1.54) is 11.3 Å². The van der Waals surface area contributed by atoms with Crippen LogP contribution in [0.15, 0.2) is 84.9 Å². The van der Waals surface area contributed by atoms with Crippen molar-refractivity contribution in [3.63, 3.8) is 0 Å². The molecule has 0 unspecified atom stereocenters. The van der Waals surface area contributed by atoms with Crippen molar-refractivity contribution in [2.75, 3.05) is 19.6 Å². The molecule has 0 bridgehead atoms. The number of aromatic nitrogens is 2. The quantitative estimate of drug-likeness (QED) is 0.318. The maximum Gasteiger partial charge on any atom is 0.123 e. The highest BCUT2D eigenvalue weighted by molar-refractivity contribution is 6.30. The smallest absolute Gasteiger partial charge is 0.123 e. The van der Waals surface area contributed by atoms with Crippen LogP contribution in [0.2, 0.25) is 5.02 Å². The van der Waals surface area contributed by atoms with Crippen LogP contribution in [0, 0.1) is 5.82 Å². The molecular formula is C28H27ClFN3. The second-order valence-electron chi connectivity index (χ2n) is 8.70. The summed E-state index contributed by atoms with van der Waals surface area (Å²) in [6.45, 7) is 3.12. The Balaban J connectivity index is 1.32. The third-order valence-electron chi connectivity index (χ3n) is 6.51. The maximum absolute atomic E-state index is 13.1. The molecule has 33 heavy (non-hydrogen) atoms. The predicted octanol–water partition coefficient (Wildman–Crippen LogP) is 6.75. The molecule has 5 rings (SSSR count). The van der Waals surface area contributed by atoms with Gasteiger partial charge in [-0.15, -0.1) is 0 Å². The van der Waals surface area contributed by atoms with Gasteiger partial charge in [0, 0.05) is 28.7 Å². The fourth-order valence-corrected chi connectivity index (χ4v) is 4.74. The Morgan fingerprint density at radius 1 is 0.879 bits per heavy atom. The van der Waals surface area contributed by atoms with Gasteiger partial charge in [-0.1, -0.05) is 54.1 Å². The summed E-state index contributed by atoms with van der Waals surface area (Å²) in [4.78, 5) is 2.52. The van der Waals surface area contributed by atoms with Gasteiger partial charge >= 0.3 is 0 Å². The molecule has 1 aromatic heterocycles. The van der Waals surface area contributed by atoms with E-state index < -0.39 is 0 Å². The fourth-order valence-electron chi connectivity index (χ4n) is 4.61. The summed E-state index contributed by atoms with van der Waals surface area (Å²) in [7, 11) is 0. The van der Waals surface area contributed by atoms with Gasteiger partial charge in [0.05, 0.1) is 11.4 Å². The van der Waals surface area contributed by atoms with Crippen LogP contribution in [0.5, 0.6) is 0 Å². The molecule has 5 heteroatoms. The first kappa shape index (κ1) is 21.9. The Kier molecular flexibility index (Phi) is 6.56. The molecule has 1 aliphatic rings. The van der Waals surface area contributed by atoms with E-state index in [2.05, 4.69) is 39.9 Å². The van der Waals surface area contributed by atoms with E-state index >= 15 is 0 Å². The topological polar surface area (TPSA) is 21.1 Å². The minimum Gasteiger partial charge on any atom is -0.303 e. The minimum atomic E-state index is -0.174. The average Bonchev–Trinajstić information content (AvgIpc) is 3.30. The van der Waals surface area contributed by atoms with E-state index in [9.17, 15) is 4.39 Å². The van der Waals surface area contributed by atoms with Crippen LogP contribution in [0.25, 0.3) is 16.9 Å². The van der Waals surface area contributed by atoms with Crippen molar-refractivity contribution in [3.05, 3.63) is 107 Å². The van der Waals surface area contributed by atoms with Crippen LogP contribution < -0.4 is 0 Å². The van der Waals surface area contributed by atoms with Crippen molar-refractivity contribution in [2.45, 2.75) is 25.2 Å². The molecular weight excluding hydrogens is 433 g/mol. The van der Waals surface area contributed by atoms with E-state index in [4.69, 9.17) is 16.7 Å². The molecule has 0 aliphatic carbocycles. The fraction of sp³-hybridized carbons (Fsp3) is 0.250. The molecule has 4 aromatic rings. The summed E-state index contributed by atoms with van der Waals surface area (Å²) in [5.74, 6) is 0.286. The highest BCUT2D eigenvalue weighted by Crippen LogP contribution is 2.33. The zero-order valence-electron chi connectivity index (χ0n) is 18.5. The van der Waals surface area contributed by atoms with Gasteiger partial charge < -0.3 is 4.90 Å². The van der Waals surface area contributed by atoms with E-state index in [1.807, 2.05) is 42.5 Å². The first-order valence-electron chi connectivity index (χ1n) is 11.5. The predicted molar refractivity (Wildman–Crippen MR) is 133 cm³/mol. The van der Waals surface area contributed by atoms with E-state index in [1.54, 1.807) is 12.1 Å². The van der Waals surface area contributed by atoms with Crippen LogP contribution in [-0.4, -0.2) is 34.3 Å². The standard InChI is InChI=1S/C28H27ClFN3/c29-24-10-8-22(9-11-24)27-20-28(33(31-27)26-4-2-1-3-5-26)23-15-18-32(19-16-23)17-14-21-6-12-25(30)13-7-21/h1-13,20,23H,14-19H2. The lowest BCUT2D eigenvalue weighted by Crippen LogP contribution is -2.35. The third-order valence-corrected chi connectivity index (χ3v) is 6.77. The van der Waals surface area contributed by atoms with Crippen molar-refractivity contribution in [3.8, 4) is 16.9 Å². The van der Waals surface area contributed by atoms with E-state index in [0.717, 1.165) is 60.9 Å². The molecule has 1 fully saturated rings. The molecule has 0 N–H and O–H groups in total. The number of halogens is 2. The van der Waals surface area contributed by atoms with Gasteiger partial charge in [0.25, 0.3) is 0 Å². The molecule has 1 aliphatic heterocycles. The van der Waals surface area contributed by atoms with Gasteiger partial charge in [0.1, 0.15) is 5.82 Å². The molecule has 0 amide bonds. The van der Waals surface area contributed by atoms with Crippen LogP contribution in [0.1, 0.15) is 30.0 Å². The lowest BCUT2D eigenvalue weighted by molar-refractivity contribution is 0.212. The Hall–Kier alpha value is -2.95. The lowest BCUT2D eigenvalue weighted by atomic mass is 9.92. The van der Waals surface area contributed by atoms with Gasteiger partial charge in [-0.3, -0.25) is 0 Å². The molecule has 3 aromatic carbocycles. The van der Waals surface area contributed by atoms with Crippen molar-refractivity contribution in [1.82, 2.24) is 14.7 Å².